The average molecular weight is 134 g/mol. The van der Waals surface area contributed by atoms with Gasteiger partial charge >= 0.3 is 0 Å². The van der Waals surface area contributed by atoms with Crippen molar-refractivity contribution in [3.8, 4) is 0 Å². The van der Waals surface area contributed by atoms with E-state index in [1.807, 2.05) is 12.2 Å². The van der Waals surface area contributed by atoms with Gasteiger partial charge in [-0.05, 0) is 24.3 Å². The van der Waals surface area contributed by atoms with E-state index in [1.165, 1.54) is 0 Å². The first-order valence-electron chi connectivity index (χ1n) is 3.07. The van der Waals surface area contributed by atoms with Gasteiger partial charge in [-0.15, -0.1) is 0 Å². The third kappa shape index (κ3) is 1.82. The largest absolute Gasteiger partial charge is 0.399 e. The maximum Gasteiger partial charge on any atom is 0.0314 e. The van der Waals surface area contributed by atoms with Gasteiger partial charge < -0.3 is 11.5 Å². The summed E-state index contributed by atoms with van der Waals surface area (Å²) in [4.78, 5) is 0. The van der Waals surface area contributed by atoms with Crippen molar-refractivity contribution in [2.24, 2.45) is 11.5 Å². The highest BCUT2D eigenvalue weighted by molar-refractivity contribution is 5.32. The molecular formula is C8H10N2. The van der Waals surface area contributed by atoms with Crippen LogP contribution in [0.25, 0.3) is 0 Å². The Hall–Kier alpha value is -1.44. The quantitative estimate of drug-likeness (QED) is 0.514. The Balaban J connectivity index is 2.84. The van der Waals surface area contributed by atoms with Gasteiger partial charge in [0.1, 0.15) is 0 Å². The van der Waals surface area contributed by atoms with Crippen LogP contribution in [0.5, 0.6) is 0 Å². The lowest BCUT2D eigenvalue weighted by Crippen LogP contribution is -1.95. The minimum absolute atomic E-state index is 0.736. The molecule has 2 nitrogen and oxygen atoms in total. The summed E-state index contributed by atoms with van der Waals surface area (Å²) in [5, 5.41) is 0. The smallest absolute Gasteiger partial charge is 0.0314 e. The van der Waals surface area contributed by atoms with Gasteiger partial charge in [0, 0.05) is 11.4 Å². The molecule has 0 saturated carbocycles. The Morgan fingerprint density at radius 1 is 0.800 bits per heavy atom. The molecule has 0 amide bonds. The van der Waals surface area contributed by atoms with Gasteiger partial charge in [-0.25, -0.2) is 0 Å². The molecule has 0 saturated heterocycles. The predicted octanol–water partition coefficient (Wildman–Crippen LogP) is 0.798. The Bertz CT molecular complexity index is 206. The summed E-state index contributed by atoms with van der Waals surface area (Å²) in [7, 11) is 0. The van der Waals surface area contributed by atoms with Crippen molar-refractivity contribution in [3.63, 3.8) is 0 Å². The van der Waals surface area contributed by atoms with Crippen LogP contribution in [0.4, 0.5) is 0 Å². The fourth-order valence-electron chi connectivity index (χ4n) is 0.652. The van der Waals surface area contributed by atoms with E-state index < -0.39 is 0 Å². The third-order valence-corrected chi connectivity index (χ3v) is 1.15. The first-order chi connectivity index (χ1) is 4.79. The van der Waals surface area contributed by atoms with Gasteiger partial charge in [-0.1, -0.05) is 12.2 Å². The Morgan fingerprint density at radius 3 is 1.60 bits per heavy atom. The van der Waals surface area contributed by atoms with Crippen molar-refractivity contribution in [1.82, 2.24) is 0 Å². The first kappa shape index (κ1) is 6.68. The minimum atomic E-state index is 0.736. The molecular weight excluding hydrogens is 124 g/mol. The van der Waals surface area contributed by atoms with Crippen molar-refractivity contribution in [2.75, 3.05) is 0 Å². The molecule has 0 spiro atoms. The number of allylic oxidation sites excluding steroid dienone is 6. The molecule has 1 rings (SSSR count). The van der Waals surface area contributed by atoms with E-state index in [2.05, 4.69) is 0 Å². The predicted molar refractivity (Wildman–Crippen MR) is 42.8 cm³/mol. The van der Waals surface area contributed by atoms with E-state index in [0.29, 0.717) is 0 Å². The third-order valence-electron chi connectivity index (χ3n) is 1.15. The summed E-state index contributed by atoms with van der Waals surface area (Å²) in [5.41, 5.74) is 12.5. The molecule has 0 atom stereocenters. The van der Waals surface area contributed by atoms with Crippen LogP contribution in [0.3, 0.4) is 0 Å². The highest BCUT2D eigenvalue weighted by Crippen LogP contribution is 1.96. The van der Waals surface area contributed by atoms with E-state index in [1.54, 1.807) is 24.3 Å². The van der Waals surface area contributed by atoms with E-state index >= 15 is 0 Å². The van der Waals surface area contributed by atoms with Crippen LogP contribution in [0.2, 0.25) is 0 Å². The van der Waals surface area contributed by atoms with Crippen LogP contribution >= 0.6 is 0 Å². The highest BCUT2D eigenvalue weighted by Gasteiger charge is 1.83. The van der Waals surface area contributed by atoms with Gasteiger partial charge in [-0.2, -0.15) is 0 Å². The van der Waals surface area contributed by atoms with E-state index in [4.69, 9.17) is 11.5 Å². The second-order valence-corrected chi connectivity index (χ2v) is 2.05. The molecule has 0 unspecified atom stereocenters. The lowest BCUT2D eigenvalue weighted by Gasteiger charge is -1.93. The van der Waals surface area contributed by atoms with Crippen molar-refractivity contribution < 1.29 is 0 Å². The normalized spacial score (nSPS) is 25.6. The lowest BCUT2D eigenvalue weighted by molar-refractivity contribution is 1.38. The number of rotatable bonds is 0. The zero-order valence-corrected chi connectivity index (χ0v) is 5.62. The van der Waals surface area contributed by atoms with Crippen LogP contribution in [0, 0.1) is 0 Å². The molecule has 0 heterocycles. The van der Waals surface area contributed by atoms with Gasteiger partial charge in [0.15, 0.2) is 0 Å². The van der Waals surface area contributed by atoms with Gasteiger partial charge in [0.2, 0.25) is 0 Å². The monoisotopic (exact) mass is 134 g/mol. The van der Waals surface area contributed by atoms with E-state index in [9.17, 15) is 0 Å². The summed E-state index contributed by atoms with van der Waals surface area (Å²) in [6.45, 7) is 0. The maximum atomic E-state index is 5.50. The summed E-state index contributed by atoms with van der Waals surface area (Å²) in [5.74, 6) is 0. The standard InChI is InChI=1S/C8H10N2/c9-7-3-1-4-8(10)6-2-5-7/h1-6H,9-10H2/b3-1-,4-1?,5-2?,6-2?,7-3?,7-5+,8-4?,8-6?. The van der Waals surface area contributed by atoms with Gasteiger partial charge in [-0.3, -0.25) is 0 Å². The number of hydrogen-bond acceptors (Lipinski definition) is 2. The van der Waals surface area contributed by atoms with Gasteiger partial charge in [0.25, 0.3) is 0 Å². The molecule has 1 aliphatic carbocycles. The maximum absolute atomic E-state index is 5.50. The summed E-state index contributed by atoms with van der Waals surface area (Å²) >= 11 is 0. The van der Waals surface area contributed by atoms with Crippen LogP contribution in [0.1, 0.15) is 0 Å². The molecule has 0 bridgehead atoms. The molecule has 1 aliphatic rings. The molecule has 0 aliphatic heterocycles. The number of hydrogen-bond donors (Lipinski definition) is 2. The lowest BCUT2D eigenvalue weighted by atomic mass is 10.2. The molecule has 4 N–H and O–H groups in total. The fourth-order valence-corrected chi connectivity index (χ4v) is 0.652. The number of nitrogens with two attached hydrogens (primary N) is 2. The van der Waals surface area contributed by atoms with E-state index in [0.717, 1.165) is 11.4 Å². The van der Waals surface area contributed by atoms with Crippen LogP contribution < -0.4 is 11.5 Å². The molecule has 0 aromatic heterocycles. The molecule has 0 aromatic rings. The summed E-state index contributed by atoms with van der Waals surface area (Å²) < 4.78 is 0. The van der Waals surface area contributed by atoms with Crippen molar-refractivity contribution in [2.45, 2.75) is 0 Å². The van der Waals surface area contributed by atoms with E-state index in [-0.39, 0.29) is 0 Å². The van der Waals surface area contributed by atoms with Crippen molar-refractivity contribution in [3.05, 3.63) is 47.9 Å². The fraction of sp³-hybridized carbons (Fsp3) is 0. The second-order valence-electron chi connectivity index (χ2n) is 2.05. The summed E-state index contributed by atoms with van der Waals surface area (Å²) in [6.07, 6.45) is 10.9. The second kappa shape index (κ2) is 2.92. The molecule has 10 heavy (non-hydrogen) atoms. The van der Waals surface area contributed by atoms with Crippen LogP contribution in [0.15, 0.2) is 47.9 Å². The molecule has 2 heteroatoms. The minimum Gasteiger partial charge on any atom is -0.399 e. The van der Waals surface area contributed by atoms with Crippen molar-refractivity contribution >= 4 is 0 Å². The molecule has 0 aromatic carbocycles. The zero-order valence-electron chi connectivity index (χ0n) is 5.62. The SMILES string of the molecule is NC1=C/C=C\C(N)=C/C=C1. The van der Waals surface area contributed by atoms with Crippen LogP contribution in [-0.4, -0.2) is 0 Å². The molecule has 0 fully saturated rings. The average Bonchev–Trinajstić information content (AvgIpc) is 1.84. The van der Waals surface area contributed by atoms with Crippen molar-refractivity contribution in [1.29, 1.82) is 0 Å². The summed E-state index contributed by atoms with van der Waals surface area (Å²) in [6, 6.07) is 0. The topological polar surface area (TPSA) is 52.0 Å². The van der Waals surface area contributed by atoms with Crippen LogP contribution in [-0.2, 0) is 0 Å². The first-order valence-corrected chi connectivity index (χ1v) is 3.07. The molecule has 52 valence electrons. The zero-order chi connectivity index (χ0) is 7.40. The Kier molecular flexibility index (Phi) is 1.95. The Morgan fingerprint density at radius 2 is 1.20 bits per heavy atom. The van der Waals surface area contributed by atoms with Gasteiger partial charge in [0.05, 0.1) is 0 Å². The highest BCUT2D eigenvalue weighted by atomic mass is 14.6. The Labute approximate surface area is 60.2 Å². The molecule has 0 radical (unpaired) electrons.